The molecule has 0 bridgehead atoms. The van der Waals surface area contributed by atoms with Gasteiger partial charge in [0.15, 0.2) is 0 Å². The second-order valence-electron chi connectivity index (χ2n) is 3.42. The Kier molecular flexibility index (Phi) is 6.55. The number of carbonyl (C=O) groups excluding carboxylic acids is 3. The molecule has 0 aromatic carbocycles. The first kappa shape index (κ1) is 14.8. The van der Waals surface area contributed by atoms with Crippen LogP contribution in [0, 0.1) is 5.92 Å². The van der Waals surface area contributed by atoms with Gasteiger partial charge < -0.3 is 16.8 Å². The van der Waals surface area contributed by atoms with Crippen LogP contribution in [0.25, 0.3) is 0 Å². The van der Waals surface area contributed by atoms with Gasteiger partial charge in [-0.3, -0.25) is 14.4 Å². The Morgan fingerprint density at radius 1 is 1.31 bits per heavy atom. The first-order valence-electron chi connectivity index (χ1n) is 4.91. The van der Waals surface area contributed by atoms with E-state index >= 15 is 0 Å². The Labute approximate surface area is 99.5 Å². The predicted molar refractivity (Wildman–Crippen MR) is 62.6 cm³/mol. The van der Waals surface area contributed by atoms with Crippen LogP contribution in [-0.4, -0.2) is 29.5 Å². The van der Waals surface area contributed by atoms with Crippen LogP contribution in [0.1, 0.15) is 19.8 Å². The summed E-state index contributed by atoms with van der Waals surface area (Å²) in [6.45, 7) is 1.83. The number of nitrogens with two attached hydrogens (primary N) is 2. The predicted octanol–water partition coefficient (Wildman–Crippen LogP) is -1.21. The molecule has 7 heteroatoms. The highest BCUT2D eigenvalue weighted by Gasteiger charge is 2.23. The zero-order valence-electron chi connectivity index (χ0n) is 9.10. The molecule has 0 aliphatic carbocycles. The largest absolute Gasteiger partial charge is 0.370 e. The lowest BCUT2D eigenvalue weighted by Gasteiger charge is -2.17. The Morgan fingerprint density at radius 3 is 2.19 bits per heavy atom. The van der Waals surface area contributed by atoms with E-state index in [0.29, 0.717) is 12.2 Å². The summed E-state index contributed by atoms with van der Waals surface area (Å²) in [4.78, 5) is 33.2. The number of amides is 3. The molecule has 0 radical (unpaired) electrons. The van der Waals surface area contributed by atoms with Crippen LogP contribution in [-0.2, 0) is 14.4 Å². The molecule has 5 N–H and O–H groups in total. The number of carbonyl (C=O) groups is 3. The maximum absolute atomic E-state index is 11.6. The fraction of sp³-hybridized carbons (Fsp3) is 0.667. The topological polar surface area (TPSA) is 115 Å². The monoisotopic (exact) mass is 247 g/mol. The molecule has 0 saturated carbocycles. The van der Waals surface area contributed by atoms with Gasteiger partial charge in [-0.05, 0) is 6.42 Å². The van der Waals surface area contributed by atoms with Crippen LogP contribution in [0.15, 0.2) is 0 Å². The van der Waals surface area contributed by atoms with E-state index in [1.54, 1.807) is 0 Å². The Balaban J connectivity index is 4.44. The fourth-order valence-electron chi connectivity index (χ4n) is 1.11. The third kappa shape index (κ3) is 5.01. The lowest BCUT2D eigenvalue weighted by molar-refractivity contribution is -0.131. The van der Waals surface area contributed by atoms with Crippen LogP contribution < -0.4 is 16.8 Å². The average molecular weight is 247 g/mol. The number of primary amides is 2. The van der Waals surface area contributed by atoms with Gasteiger partial charge in [0, 0.05) is 11.7 Å². The lowest BCUT2D eigenvalue weighted by atomic mass is 10.1. The molecule has 92 valence electrons. The van der Waals surface area contributed by atoms with Crippen LogP contribution in [0.3, 0.4) is 0 Å². The van der Waals surface area contributed by atoms with Crippen molar-refractivity contribution in [1.82, 2.24) is 5.32 Å². The summed E-state index contributed by atoms with van der Waals surface area (Å²) in [6.07, 6.45) is 0.307. The molecule has 16 heavy (non-hydrogen) atoms. The highest BCUT2D eigenvalue weighted by atomic mass is 32.1. The molecular weight excluding hydrogens is 230 g/mol. The zero-order valence-corrected chi connectivity index (χ0v) is 10.00. The minimum atomic E-state index is -1.04. The first-order valence-corrected chi connectivity index (χ1v) is 5.54. The van der Waals surface area contributed by atoms with Gasteiger partial charge in [-0.15, -0.1) is 0 Å². The van der Waals surface area contributed by atoms with Gasteiger partial charge in [-0.25, -0.2) is 0 Å². The van der Waals surface area contributed by atoms with Gasteiger partial charge in [0.25, 0.3) is 0 Å². The van der Waals surface area contributed by atoms with E-state index in [4.69, 9.17) is 11.5 Å². The first-order chi connectivity index (χ1) is 7.42. The molecule has 0 aromatic rings. The van der Waals surface area contributed by atoms with E-state index in [0.717, 1.165) is 0 Å². The van der Waals surface area contributed by atoms with Crippen molar-refractivity contribution in [3.63, 3.8) is 0 Å². The quantitative estimate of drug-likeness (QED) is 0.423. The van der Waals surface area contributed by atoms with Crippen LogP contribution >= 0.6 is 12.6 Å². The number of thiol groups is 1. The molecule has 0 spiro atoms. The molecule has 0 aromatic heterocycles. The minimum Gasteiger partial charge on any atom is -0.370 e. The smallest absolute Gasteiger partial charge is 0.240 e. The molecule has 2 atom stereocenters. The van der Waals surface area contributed by atoms with E-state index in [2.05, 4.69) is 17.9 Å². The molecule has 0 saturated heterocycles. The summed E-state index contributed by atoms with van der Waals surface area (Å²) < 4.78 is 0. The van der Waals surface area contributed by atoms with Crippen LogP contribution in [0.4, 0.5) is 0 Å². The molecule has 0 heterocycles. The standard InChI is InChI=1S/C9H17N3O3S/c1-2-5(4-16)9(15)12-6(8(11)14)3-7(10)13/h5-6,16H,2-4H2,1H3,(H2,10,13)(H2,11,14)(H,12,15)/t5?,6-/m0/s1. The van der Waals surface area contributed by atoms with Gasteiger partial charge in [-0.1, -0.05) is 6.92 Å². The summed E-state index contributed by atoms with van der Waals surface area (Å²) in [7, 11) is 0. The van der Waals surface area contributed by atoms with Crippen molar-refractivity contribution in [2.45, 2.75) is 25.8 Å². The molecule has 3 amide bonds. The zero-order chi connectivity index (χ0) is 12.7. The van der Waals surface area contributed by atoms with Gasteiger partial charge in [0.2, 0.25) is 17.7 Å². The Hall–Kier alpha value is -1.24. The fourth-order valence-corrected chi connectivity index (χ4v) is 1.53. The molecular formula is C9H17N3O3S. The third-order valence-electron chi connectivity index (χ3n) is 2.15. The van der Waals surface area contributed by atoms with Gasteiger partial charge in [0.1, 0.15) is 6.04 Å². The summed E-state index contributed by atoms with van der Waals surface area (Å²) in [5.74, 6) is -1.76. The van der Waals surface area contributed by atoms with Crippen molar-refractivity contribution in [2.24, 2.45) is 17.4 Å². The highest BCUT2D eigenvalue weighted by molar-refractivity contribution is 7.80. The summed E-state index contributed by atoms with van der Waals surface area (Å²) in [6, 6.07) is -1.04. The molecule has 0 rings (SSSR count). The number of hydrogen-bond acceptors (Lipinski definition) is 4. The maximum Gasteiger partial charge on any atom is 0.240 e. The van der Waals surface area contributed by atoms with Crippen molar-refractivity contribution in [3.05, 3.63) is 0 Å². The van der Waals surface area contributed by atoms with Gasteiger partial charge in [0.05, 0.1) is 6.42 Å². The highest BCUT2D eigenvalue weighted by Crippen LogP contribution is 2.05. The number of rotatable bonds is 7. The number of hydrogen-bond donors (Lipinski definition) is 4. The SMILES string of the molecule is CCC(CS)C(=O)N[C@@H](CC(N)=O)C(N)=O. The second-order valence-corrected chi connectivity index (χ2v) is 3.79. The molecule has 0 aliphatic heterocycles. The normalized spacial score (nSPS) is 13.9. The average Bonchev–Trinajstić information content (AvgIpc) is 2.17. The van der Waals surface area contributed by atoms with Gasteiger partial charge in [-0.2, -0.15) is 12.6 Å². The lowest BCUT2D eigenvalue weighted by Crippen LogP contribution is -2.48. The van der Waals surface area contributed by atoms with E-state index in [9.17, 15) is 14.4 Å². The Morgan fingerprint density at radius 2 is 1.88 bits per heavy atom. The minimum absolute atomic E-state index is 0.288. The molecule has 1 unspecified atom stereocenters. The van der Waals surface area contributed by atoms with Crippen molar-refractivity contribution < 1.29 is 14.4 Å². The molecule has 0 fully saturated rings. The van der Waals surface area contributed by atoms with Crippen LogP contribution in [0.5, 0.6) is 0 Å². The molecule has 6 nitrogen and oxygen atoms in total. The van der Waals surface area contributed by atoms with Crippen molar-refractivity contribution >= 4 is 30.4 Å². The summed E-state index contributed by atoms with van der Waals surface area (Å²) in [5.41, 5.74) is 9.97. The van der Waals surface area contributed by atoms with Gasteiger partial charge >= 0.3 is 0 Å². The van der Waals surface area contributed by atoms with Crippen molar-refractivity contribution in [3.8, 4) is 0 Å². The van der Waals surface area contributed by atoms with E-state index in [1.165, 1.54) is 0 Å². The third-order valence-corrected chi connectivity index (χ3v) is 2.59. The summed E-state index contributed by atoms with van der Waals surface area (Å²) >= 11 is 4.01. The number of nitrogens with one attached hydrogen (secondary N) is 1. The Bertz CT molecular complexity index is 279. The van der Waals surface area contributed by atoms with E-state index in [1.807, 2.05) is 6.92 Å². The molecule has 0 aliphatic rings. The second kappa shape index (κ2) is 7.10. The summed E-state index contributed by atoms with van der Waals surface area (Å²) in [5, 5.41) is 2.39. The van der Waals surface area contributed by atoms with E-state index < -0.39 is 17.9 Å². The van der Waals surface area contributed by atoms with Crippen molar-refractivity contribution in [1.29, 1.82) is 0 Å². The van der Waals surface area contributed by atoms with Crippen LogP contribution in [0.2, 0.25) is 0 Å². The van der Waals surface area contributed by atoms with E-state index in [-0.39, 0.29) is 18.2 Å². The van der Waals surface area contributed by atoms with Crippen molar-refractivity contribution in [2.75, 3.05) is 5.75 Å². The maximum atomic E-state index is 11.6.